The summed E-state index contributed by atoms with van der Waals surface area (Å²) in [7, 11) is 1.57. The summed E-state index contributed by atoms with van der Waals surface area (Å²) in [6.45, 7) is 5.88. The minimum atomic E-state index is -0.381. The molecule has 0 heterocycles. The van der Waals surface area contributed by atoms with Crippen molar-refractivity contribution in [3.63, 3.8) is 0 Å². The molecule has 0 saturated carbocycles. The third-order valence-electron chi connectivity index (χ3n) is 1.67. The van der Waals surface area contributed by atoms with E-state index in [2.05, 4.69) is 24.3 Å². The maximum absolute atomic E-state index is 11.2. The van der Waals surface area contributed by atoms with Crippen molar-refractivity contribution in [3.05, 3.63) is 0 Å². The third-order valence-corrected chi connectivity index (χ3v) is 3.24. The Morgan fingerprint density at radius 3 is 2.43 bits per heavy atom. The molecule has 0 spiro atoms. The summed E-state index contributed by atoms with van der Waals surface area (Å²) in [5, 5.41) is 14.9. The molecule has 1 amide bonds. The van der Waals surface area contributed by atoms with Crippen molar-refractivity contribution in [3.8, 4) is 0 Å². The zero-order valence-electron chi connectivity index (χ0n) is 9.07. The van der Waals surface area contributed by atoms with Crippen molar-refractivity contribution in [1.82, 2.24) is 5.32 Å². The molecule has 0 radical (unpaired) electrons. The lowest BCUT2D eigenvalue weighted by molar-refractivity contribution is -0.122. The van der Waals surface area contributed by atoms with Crippen molar-refractivity contribution < 1.29 is 10.0 Å². The highest BCUT2D eigenvalue weighted by molar-refractivity contribution is 8.14. The molecule has 14 heavy (non-hydrogen) atoms. The first-order chi connectivity index (χ1) is 6.52. The average molecular weight is 218 g/mol. The Bertz CT molecular complexity index is 217. The fourth-order valence-electron chi connectivity index (χ4n) is 0.821. The summed E-state index contributed by atoms with van der Waals surface area (Å²) in [6.07, 6.45) is 0. The summed E-state index contributed by atoms with van der Waals surface area (Å²) in [6, 6.07) is 0. The Labute approximate surface area is 89.1 Å². The summed E-state index contributed by atoms with van der Waals surface area (Å²) in [4.78, 5) is 11.2. The first-order valence-corrected chi connectivity index (χ1v) is 5.57. The molecule has 0 saturated heterocycles. The molecule has 82 valence electrons. The molecule has 0 rings (SSSR count). The lowest BCUT2D eigenvalue weighted by Crippen LogP contribution is -2.30. The molecule has 0 aliphatic carbocycles. The summed E-state index contributed by atoms with van der Waals surface area (Å²) >= 11 is 1.42. The van der Waals surface area contributed by atoms with Crippen LogP contribution < -0.4 is 5.32 Å². The summed E-state index contributed by atoms with van der Waals surface area (Å²) < 4.78 is 0. The summed E-state index contributed by atoms with van der Waals surface area (Å²) in [5.74, 6) is 0.845. The van der Waals surface area contributed by atoms with Crippen molar-refractivity contribution in [2.75, 3.05) is 12.8 Å². The number of nitrogens with one attached hydrogen (secondary N) is 1. The predicted octanol–water partition coefficient (Wildman–Crippen LogP) is 1.55. The number of hydrogen-bond donors (Lipinski definition) is 2. The zero-order chi connectivity index (χ0) is 11.1. The Hall–Kier alpha value is -0.710. The normalized spacial score (nSPS) is 14.2. The maximum Gasteiger partial charge on any atom is 0.229 e. The molecule has 0 fully saturated rings. The molecular weight excluding hydrogens is 200 g/mol. The molecule has 0 aromatic rings. The smallest absolute Gasteiger partial charge is 0.229 e. The van der Waals surface area contributed by atoms with E-state index in [-0.39, 0.29) is 11.8 Å². The van der Waals surface area contributed by atoms with Gasteiger partial charge < -0.3 is 10.5 Å². The quantitative estimate of drug-likeness (QED) is 0.326. The monoisotopic (exact) mass is 218 g/mol. The van der Waals surface area contributed by atoms with Gasteiger partial charge in [-0.2, -0.15) is 0 Å². The molecule has 0 aromatic heterocycles. The SMILES string of the molecule is CNC(=O)C(C)C(=NO)SCC(C)C. The van der Waals surface area contributed by atoms with Gasteiger partial charge in [0.05, 0.1) is 5.92 Å². The first kappa shape index (κ1) is 13.3. The van der Waals surface area contributed by atoms with E-state index in [0.717, 1.165) is 5.75 Å². The van der Waals surface area contributed by atoms with Gasteiger partial charge in [-0.15, -0.1) is 11.8 Å². The number of carbonyl (C=O) groups excluding carboxylic acids is 1. The minimum absolute atomic E-state index is 0.131. The van der Waals surface area contributed by atoms with E-state index in [4.69, 9.17) is 5.21 Å². The van der Waals surface area contributed by atoms with Crippen LogP contribution in [-0.2, 0) is 4.79 Å². The average Bonchev–Trinajstić information content (AvgIpc) is 2.16. The van der Waals surface area contributed by atoms with Crippen LogP contribution in [0.3, 0.4) is 0 Å². The second-order valence-corrected chi connectivity index (χ2v) is 4.52. The standard InChI is InChI=1S/C9H18N2O2S/c1-6(2)5-14-9(11-13)7(3)8(12)10-4/h6-7,13H,5H2,1-4H3,(H,10,12). The Morgan fingerprint density at radius 2 is 2.07 bits per heavy atom. The van der Waals surface area contributed by atoms with Crippen LogP contribution in [0.15, 0.2) is 5.16 Å². The number of thioether (sulfide) groups is 1. The highest BCUT2D eigenvalue weighted by Crippen LogP contribution is 2.16. The predicted molar refractivity (Wildman–Crippen MR) is 59.7 cm³/mol. The van der Waals surface area contributed by atoms with Gasteiger partial charge in [0, 0.05) is 12.8 Å². The zero-order valence-corrected chi connectivity index (χ0v) is 9.89. The van der Waals surface area contributed by atoms with Gasteiger partial charge in [0.1, 0.15) is 5.04 Å². The molecule has 0 aliphatic rings. The van der Waals surface area contributed by atoms with Crippen LogP contribution in [0.1, 0.15) is 20.8 Å². The van der Waals surface area contributed by atoms with Crippen molar-refractivity contribution in [1.29, 1.82) is 0 Å². The second kappa shape index (κ2) is 6.70. The minimum Gasteiger partial charge on any atom is -0.410 e. The lowest BCUT2D eigenvalue weighted by atomic mass is 10.2. The van der Waals surface area contributed by atoms with Crippen molar-refractivity contribution >= 4 is 22.7 Å². The molecule has 0 aromatic carbocycles. The van der Waals surface area contributed by atoms with Gasteiger partial charge in [-0.1, -0.05) is 19.0 Å². The third kappa shape index (κ3) is 4.50. The number of carbonyl (C=O) groups is 1. The molecule has 1 atom stereocenters. The second-order valence-electron chi connectivity index (χ2n) is 3.48. The van der Waals surface area contributed by atoms with Crippen LogP contribution in [0.5, 0.6) is 0 Å². The number of amides is 1. The number of nitrogens with zero attached hydrogens (tertiary/aromatic N) is 1. The van der Waals surface area contributed by atoms with Crippen LogP contribution >= 0.6 is 11.8 Å². The van der Waals surface area contributed by atoms with Crippen LogP contribution in [-0.4, -0.2) is 29.0 Å². The fourth-order valence-corrected chi connectivity index (χ4v) is 1.74. The van der Waals surface area contributed by atoms with Crippen molar-refractivity contribution in [2.45, 2.75) is 20.8 Å². The van der Waals surface area contributed by atoms with Crippen molar-refractivity contribution in [2.24, 2.45) is 17.0 Å². The molecule has 0 bridgehead atoms. The number of oxime groups is 1. The van der Waals surface area contributed by atoms with Gasteiger partial charge in [-0.3, -0.25) is 4.79 Å². The number of rotatable bonds is 4. The van der Waals surface area contributed by atoms with E-state index in [1.54, 1.807) is 14.0 Å². The highest BCUT2D eigenvalue weighted by atomic mass is 32.2. The number of hydrogen-bond acceptors (Lipinski definition) is 4. The Morgan fingerprint density at radius 1 is 1.50 bits per heavy atom. The topological polar surface area (TPSA) is 61.7 Å². The van der Waals surface area contributed by atoms with E-state index >= 15 is 0 Å². The van der Waals surface area contributed by atoms with E-state index < -0.39 is 0 Å². The first-order valence-electron chi connectivity index (χ1n) is 4.59. The van der Waals surface area contributed by atoms with Crippen LogP contribution in [0, 0.1) is 11.8 Å². The lowest BCUT2D eigenvalue weighted by Gasteiger charge is -2.12. The van der Waals surface area contributed by atoms with Crippen LogP contribution in [0.2, 0.25) is 0 Å². The van der Waals surface area contributed by atoms with Gasteiger partial charge in [-0.25, -0.2) is 0 Å². The molecular formula is C9H18N2O2S. The molecule has 4 nitrogen and oxygen atoms in total. The summed E-state index contributed by atoms with van der Waals surface area (Å²) in [5.41, 5.74) is 0. The Kier molecular flexibility index (Phi) is 6.36. The van der Waals surface area contributed by atoms with E-state index in [9.17, 15) is 4.79 Å². The van der Waals surface area contributed by atoms with Gasteiger partial charge in [-0.05, 0) is 12.8 Å². The van der Waals surface area contributed by atoms with Gasteiger partial charge in [0.15, 0.2) is 0 Å². The maximum atomic E-state index is 11.2. The van der Waals surface area contributed by atoms with E-state index in [1.165, 1.54) is 11.8 Å². The van der Waals surface area contributed by atoms with Gasteiger partial charge in [0.2, 0.25) is 5.91 Å². The molecule has 0 aliphatic heterocycles. The molecule has 5 heteroatoms. The highest BCUT2D eigenvalue weighted by Gasteiger charge is 2.19. The largest absolute Gasteiger partial charge is 0.410 e. The van der Waals surface area contributed by atoms with Gasteiger partial charge >= 0.3 is 0 Å². The molecule has 1 unspecified atom stereocenters. The Balaban J connectivity index is 4.21. The fraction of sp³-hybridized carbons (Fsp3) is 0.778. The van der Waals surface area contributed by atoms with Crippen LogP contribution in [0.4, 0.5) is 0 Å². The van der Waals surface area contributed by atoms with Crippen LogP contribution in [0.25, 0.3) is 0 Å². The van der Waals surface area contributed by atoms with E-state index in [1.807, 2.05) is 0 Å². The molecule has 2 N–H and O–H groups in total. The van der Waals surface area contributed by atoms with Gasteiger partial charge in [0.25, 0.3) is 0 Å². The van der Waals surface area contributed by atoms with E-state index in [0.29, 0.717) is 11.0 Å².